The van der Waals surface area contributed by atoms with Gasteiger partial charge in [0, 0.05) is 0 Å². The normalized spacial score (nSPS) is 14.6. The quantitative estimate of drug-likeness (QED) is 0.303. The van der Waals surface area contributed by atoms with E-state index >= 15 is 0 Å². The number of ether oxygens (including phenoxy) is 1. The van der Waals surface area contributed by atoms with Crippen LogP contribution in [0.2, 0.25) is 0 Å². The molecule has 1 rings (SSSR count). The van der Waals surface area contributed by atoms with E-state index < -0.39 is 11.7 Å². The second-order valence-corrected chi connectivity index (χ2v) is 6.83. The van der Waals surface area contributed by atoms with Gasteiger partial charge in [-0.05, 0) is 61.3 Å². The van der Waals surface area contributed by atoms with Crippen molar-refractivity contribution in [1.82, 2.24) is 0 Å². The number of benzene rings is 1. The van der Waals surface area contributed by atoms with Crippen molar-refractivity contribution < 1.29 is 17.9 Å². The van der Waals surface area contributed by atoms with Crippen molar-refractivity contribution in [3.63, 3.8) is 0 Å². The van der Waals surface area contributed by atoms with Crippen LogP contribution in [0.1, 0.15) is 44.7 Å². The van der Waals surface area contributed by atoms with Crippen LogP contribution in [0.4, 0.5) is 13.2 Å². The molecule has 2 atom stereocenters. The minimum absolute atomic E-state index is 0.102. The van der Waals surface area contributed by atoms with E-state index in [4.69, 9.17) is 4.74 Å². The molecular formula is C23H29F3O. The molecule has 0 spiro atoms. The third kappa shape index (κ3) is 7.12. The van der Waals surface area contributed by atoms with Gasteiger partial charge in [-0.25, -0.2) is 8.78 Å². The van der Waals surface area contributed by atoms with E-state index in [9.17, 15) is 13.2 Å². The zero-order chi connectivity index (χ0) is 20.6. The molecule has 1 aromatic rings. The Labute approximate surface area is 160 Å². The van der Waals surface area contributed by atoms with Crippen LogP contribution < -0.4 is 0 Å². The van der Waals surface area contributed by atoms with Crippen molar-refractivity contribution in [1.29, 1.82) is 0 Å². The first-order valence-corrected chi connectivity index (χ1v) is 9.18. The van der Waals surface area contributed by atoms with Gasteiger partial charge in [0.05, 0.1) is 6.61 Å². The first kappa shape index (κ1) is 22.8. The molecule has 2 unspecified atom stereocenters. The van der Waals surface area contributed by atoms with Gasteiger partial charge in [0.25, 0.3) is 0 Å². The number of rotatable bonds is 10. The van der Waals surface area contributed by atoms with E-state index in [-0.39, 0.29) is 35.6 Å². The maximum atomic E-state index is 14.2. The summed E-state index contributed by atoms with van der Waals surface area (Å²) < 4.78 is 46.6. The van der Waals surface area contributed by atoms with Gasteiger partial charge in [-0.15, -0.1) is 0 Å². The molecule has 0 saturated carbocycles. The molecular weight excluding hydrogens is 349 g/mol. The molecule has 0 aromatic heterocycles. The van der Waals surface area contributed by atoms with Crippen molar-refractivity contribution in [2.45, 2.75) is 40.5 Å². The lowest BCUT2D eigenvalue weighted by Gasteiger charge is -2.16. The molecule has 0 heterocycles. The van der Waals surface area contributed by atoms with Crippen molar-refractivity contribution >= 4 is 6.08 Å². The van der Waals surface area contributed by atoms with Gasteiger partial charge in [0.2, 0.25) is 0 Å². The average molecular weight is 378 g/mol. The molecule has 0 aliphatic heterocycles. The molecule has 1 nitrogen and oxygen atoms in total. The topological polar surface area (TPSA) is 9.23 Å². The molecule has 0 bridgehead atoms. The summed E-state index contributed by atoms with van der Waals surface area (Å²) in [6, 6.07) is 5.10. The Hall–Kier alpha value is -2.23. The van der Waals surface area contributed by atoms with Crippen LogP contribution in [0.3, 0.4) is 0 Å². The highest BCUT2D eigenvalue weighted by atomic mass is 19.2. The Morgan fingerprint density at radius 3 is 2.41 bits per heavy atom. The zero-order valence-corrected chi connectivity index (χ0v) is 16.6. The molecule has 0 radical (unpaired) electrons. The number of hydrogen-bond donors (Lipinski definition) is 0. The second kappa shape index (κ2) is 10.8. The van der Waals surface area contributed by atoms with Crippen molar-refractivity contribution in [3.05, 3.63) is 77.4 Å². The van der Waals surface area contributed by atoms with Crippen LogP contribution in [0.5, 0.6) is 0 Å². The van der Waals surface area contributed by atoms with E-state index in [0.717, 1.165) is 12.0 Å². The van der Waals surface area contributed by atoms with E-state index in [1.807, 2.05) is 32.1 Å². The van der Waals surface area contributed by atoms with Crippen LogP contribution in [-0.4, -0.2) is 6.61 Å². The first-order chi connectivity index (χ1) is 12.7. The number of allylic oxidation sites excluding steroid dienone is 4. The van der Waals surface area contributed by atoms with Gasteiger partial charge in [-0.3, -0.25) is 0 Å². The smallest absolute Gasteiger partial charge is 0.200 e. The second-order valence-electron chi connectivity index (χ2n) is 6.83. The van der Waals surface area contributed by atoms with E-state index in [1.165, 1.54) is 6.07 Å². The summed E-state index contributed by atoms with van der Waals surface area (Å²) in [5.41, 5.74) is 1.51. The molecule has 148 valence electrons. The van der Waals surface area contributed by atoms with Crippen LogP contribution in [0, 0.1) is 24.6 Å². The lowest BCUT2D eigenvalue weighted by molar-refractivity contribution is 0.223. The van der Waals surface area contributed by atoms with Crippen LogP contribution >= 0.6 is 0 Å². The number of aryl methyl sites for hydroxylation is 1. The molecule has 0 N–H and O–H groups in total. The summed E-state index contributed by atoms with van der Waals surface area (Å²) >= 11 is 0. The van der Waals surface area contributed by atoms with Crippen molar-refractivity contribution in [2.24, 2.45) is 11.8 Å². The number of hydrogen-bond acceptors (Lipinski definition) is 1. The fourth-order valence-corrected chi connectivity index (χ4v) is 2.49. The summed E-state index contributed by atoms with van der Waals surface area (Å²) in [6.07, 6.45) is 5.28. The zero-order valence-electron chi connectivity index (χ0n) is 16.6. The summed E-state index contributed by atoms with van der Waals surface area (Å²) in [5.74, 6) is -2.65. The number of halogens is 3. The molecule has 0 fully saturated rings. The van der Waals surface area contributed by atoms with Gasteiger partial charge in [0.15, 0.2) is 17.4 Å². The molecule has 1 aromatic carbocycles. The Kier molecular flexibility index (Phi) is 9.13. The Bertz CT molecular complexity index is 731. The molecule has 27 heavy (non-hydrogen) atoms. The van der Waals surface area contributed by atoms with Gasteiger partial charge in [-0.1, -0.05) is 51.3 Å². The van der Waals surface area contributed by atoms with Crippen molar-refractivity contribution in [2.75, 3.05) is 6.61 Å². The van der Waals surface area contributed by atoms with Gasteiger partial charge < -0.3 is 4.74 Å². The monoisotopic (exact) mass is 378 g/mol. The van der Waals surface area contributed by atoms with Crippen molar-refractivity contribution in [3.8, 4) is 0 Å². The third-order valence-electron chi connectivity index (χ3n) is 4.50. The fourth-order valence-electron chi connectivity index (χ4n) is 2.49. The van der Waals surface area contributed by atoms with E-state index in [0.29, 0.717) is 12.0 Å². The minimum atomic E-state index is -1.09. The highest BCUT2D eigenvalue weighted by Gasteiger charge is 2.19. The Morgan fingerprint density at radius 2 is 1.81 bits per heavy atom. The summed E-state index contributed by atoms with van der Waals surface area (Å²) in [7, 11) is 0. The molecule has 0 aliphatic rings. The largest absolute Gasteiger partial charge is 0.491 e. The maximum absolute atomic E-state index is 14.2. The lowest BCUT2D eigenvalue weighted by atomic mass is 9.91. The molecule has 0 aliphatic carbocycles. The highest BCUT2D eigenvalue weighted by molar-refractivity contribution is 5.50. The average Bonchev–Trinajstić information content (AvgIpc) is 2.65. The Balaban J connectivity index is 2.61. The maximum Gasteiger partial charge on any atom is 0.200 e. The van der Waals surface area contributed by atoms with E-state index in [1.54, 1.807) is 19.9 Å². The predicted octanol–water partition coefficient (Wildman–Crippen LogP) is 7.46. The predicted molar refractivity (Wildman–Crippen MR) is 107 cm³/mol. The van der Waals surface area contributed by atoms with Crippen LogP contribution in [0.15, 0.2) is 60.4 Å². The van der Waals surface area contributed by atoms with Crippen LogP contribution in [0.25, 0.3) is 6.08 Å². The van der Waals surface area contributed by atoms with Gasteiger partial charge in [0.1, 0.15) is 5.82 Å². The first-order valence-electron chi connectivity index (χ1n) is 9.18. The highest BCUT2D eigenvalue weighted by Crippen LogP contribution is 2.30. The van der Waals surface area contributed by atoms with Gasteiger partial charge in [-0.2, -0.15) is 4.39 Å². The van der Waals surface area contributed by atoms with Crippen LogP contribution in [-0.2, 0) is 4.74 Å². The molecule has 4 heteroatoms. The third-order valence-corrected chi connectivity index (χ3v) is 4.50. The fraction of sp³-hybridized carbons (Fsp3) is 0.391. The lowest BCUT2D eigenvalue weighted by Crippen LogP contribution is -2.04. The SMILES string of the molecule is C=C(OCC)/C(F)=C(/F)C(=C)C(C)CCC(C)/C=C/c1ccc(C)c(F)c1. The molecule has 0 saturated heterocycles. The Morgan fingerprint density at radius 1 is 1.15 bits per heavy atom. The summed E-state index contributed by atoms with van der Waals surface area (Å²) in [5, 5.41) is 0. The minimum Gasteiger partial charge on any atom is -0.491 e. The molecule has 0 amide bonds. The standard InChI is InChI=1S/C23H29F3O/c1-7-27-19(6)23(26)22(25)18(5)16(3)10-8-15(2)9-12-20-13-11-17(4)21(24)14-20/h9,11-16H,5-8,10H2,1-4H3/b12-9+,23-22-. The van der Waals surface area contributed by atoms with E-state index in [2.05, 4.69) is 13.2 Å². The summed E-state index contributed by atoms with van der Waals surface area (Å²) in [6.45, 7) is 14.5. The summed E-state index contributed by atoms with van der Waals surface area (Å²) in [4.78, 5) is 0. The van der Waals surface area contributed by atoms with Gasteiger partial charge >= 0.3 is 0 Å².